The molecule has 0 saturated carbocycles. The van der Waals surface area contributed by atoms with E-state index in [9.17, 15) is 0 Å². The molecule has 2 nitrogen and oxygen atoms in total. The van der Waals surface area contributed by atoms with Crippen molar-refractivity contribution in [3.8, 4) is 0 Å². The minimum Gasteiger partial charge on any atom is -0.326 e. The highest BCUT2D eigenvalue weighted by Gasteiger charge is 2.12. The topological polar surface area (TPSA) is 38.9 Å². The quantitative estimate of drug-likeness (QED) is 0.815. The summed E-state index contributed by atoms with van der Waals surface area (Å²) in [7, 11) is 0. The Morgan fingerprint density at radius 2 is 2.07 bits per heavy atom. The standard InChI is InChI=1S/C10H14Cl2N2/c1-10(2,13)4-3-7-6-14-9(12)5-8(7)11/h5-6H,3-4,13H2,1-2H3. The van der Waals surface area contributed by atoms with E-state index >= 15 is 0 Å². The van der Waals surface area contributed by atoms with Crippen molar-refractivity contribution in [1.29, 1.82) is 0 Å². The van der Waals surface area contributed by atoms with Gasteiger partial charge < -0.3 is 5.73 Å². The molecule has 1 heterocycles. The first-order valence-electron chi connectivity index (χ1n) is 4.47. The Kier molecular flexibility index (Phi) is 3.76. The third-order valence-corrected chi connectivity index (χ3v) is 2.49. The van der Waals surface area contributed by atoms with E-state index in [4.69, 9.17) is 28.9 Å². The summed E-state index contributed by atoms with van der Waals surface area (Å²) in [4.78, 5) is 3.98. The Bertz CT molecular complexity index is 318. The van der Waals surface area contributed by atoms with Crippen LogP contribution in [0.25, 0.3) is 0 Å². The summed E-state index contributed by atoms with van der Waals surface area (Å²) in [5.74, 6) is 0. The fourth-order valence-electron chi connectivity index (χ4n) is 1.08. The van der Waals surface area contributed by atoms with Gasteiger partial charge in [0.05, 0.1) is 0 Å². The molecule has 4 heteroatoms. The SMILES string of the molecule is CC(C)(N)CCc1cnc(Cl)cc1Cl. The first kappa shape index (κ1) is 11.8. The third kappa shape index (κ3) is 3.82. The van der Waals surface area contributed by atoms with Crippen LogP contribution in [0.2, 0.25) is 10.2 Å². The van der Waals surface area contributed by atoms with Gasteiger partial charge in [-0.3, -0.25) is 0 Å². The number of nitrogens with zero attached hydrogens (tertiary/aromatic N) is 1. The van der Waals surface area contributed by atoms with Crippen molar-refractivity contribution >= 4 is 23.2 Å². The molecule has 0 bridgehead atoms. The molecule has 0 unspecified atom stereocenters. The maximum absolute atomic E-state index is 5.99. The van der Waals surface area contributed by atoms with Gasteiger partial charge in [-0.15, -0.1) is 0 Å². The van der Waals surface area contributed by atoms with Crippen LogP contribution >= 0.6 is 23.2 Å². The number of nitrogens with two attached hydrogens (primary N) is 1. The van der Waals surface area contributed by atoms with E-state index in [1.165, 1.54) is 0 Å². The highest BCUT2D eigenvalue weighted by molar-refractivity contribution is 6.34. The molecule has 0 atom stereocenters. The molecule has 0 saturated heterocycles. The lowest BCUT2D eigenvalue weighted by Crippen LogP contribution is -2.32. The minimum atomic E-state index is -0.178. The lowest BCUT2D eigenvalue weighted by molar-refractivity contribution is 0.476. The molecule has 0 amide bonds. The Balaban J connectivity index is 2.68. The largest absolute Gasteiger partial charge is 0.326 e. The summed E-state index contributed by atoms with van der Waals surface area (Å²) >= 11 is 11.7. The van der Waals surface area contributed by atoms with Crippen LogP contribution < -0.4 is 5.73 Å². The molecule has 1 aromatic rings. The molecule has 1 rings (SSSR count). The molecule has 0 fully saturated rings. The number of aryl methyl sites for hydroxylation is 1. The molecular weight excluding hydrogens is 219 g/mol. The van der Waals surface area contributed by atoms with Crippen LogP contribution in [-0.2, 0) is 6.42 Å². The van der Waals surface area contributed by atoms with Crippen molar-refractivity contribution in [1.82, 2.24) is 4.98 Å². The first-order chi connectivity index (χ1) is 6.38. The number of hydrogen-bond acceptors (Lipinski definition) is 2. The average Bonchev–Trinajstić information content (AvgIpc) is 2.00. The van der Waals surface area contributed by atoms with Crippen molar-refractivity contribution in [2.45, 2.75) is 32.2 Å². The number of halogens is 2. The van der Waals surface area contributed by atoms with Gasteiger partial charge in [-0.1, -0.05) is 23.2 Å². The number of pyridine rings is 1. The van der Waals surface area contributed by atoms with Crippen LogP contribution in [0.1, 0.15) is 25.8 Å². The first-order valence-corrected chi connectivity index (χ1v) is 5.23. The van der Waals surface area contributed by atoms with Gasteiger partial charge in [0.1, 0.15) is 5.15 Å². The fraction of sp³-hybridized carbons (Fsp3) is 0.500. The average molecular weight is 233 g/mol. The molecular formula is C10H14Cl2N2. The summed E-state index contributed by atoms with van der Waals surface area (Å²) in [6.07, 6.45) is 3.40. The van der Waals surface area contributed by atoms with Gasteiger partial charge >= 0.3 is 0 Å². The maximum Gasteiger partial charge on any atom is 0.130 e. The van der Waals surface area contributed by atoms with Gasteiger partial charge in [0.2, 0.25) is 0 Å². The molecule has 0 aliphatic heterocycles. The summed E-state index contributed by atoms with van der Waals surface area (Å²) in [5.41, 5.74) is 6.69. The van der Waals surface area contributed by atoms with Crippen LogP contribution in [0, 0.1) is 0 Å². The van der Waals surface area contributed by atoms with Gasteiger partial charge in [0.25, 0.3) is 0 Å². The molecule has 1 aromatic heterocycles. The van der Waals surface area contributed by atoms with Gasteiger partial charge in [0, 0.05) is 16.8 Å². The van der Waals surface area contributed by atoms with Crippen LogP contribution in [0.4, 0.5) is 0 Å². The van der Waals surface area contributed by atoms with E-state index < -0.39 is 0 Å². The number of hydrogen-bond donors (Lipinski definition) is 1. The van der Waals surface area contributed by atoms with Gasteiger partial charge in [0.15, 0.2) is 0 Å². The summed E-state index contributed by atoms with van der Waals surface area (Å²) in [6.45, 7) is 3.98. The van der Waals surface area contributed by atoms with Crippen LogP contribution in [-0.4, -0.2) is 10.5 Å². The van der Waals surface area contributed by atoms with Crippen LogP contribution in [0.15, 0.2) is 12.3 Å². The fourth-order valence-corrected chi connectivity index (χ4v) is 1.54. The van der Waals surface area contributed by atoms with E-state index in [2.05, 4.69) is 4.98 Å². The Morgan fingerprint density at radius 3 is 2.57 bits per heavy atom. The second-order valence-electron chi connectivity index (χ2n) is 4.09. The Morgan fingerprint density at radius 1 is 1.43 bits per heavy atom. The predicted molar refractivity (Wildman–Crippen MR) is 60.8 cm³/mol. The molecule has 0 spiro atoms. The molecule has 0 aromatic carbocycles. The Labute approximate surface area is 94.4 Å². The number of aromatic nitrogens is 1. The highest BCUT2D eigenvalue weighted by atomic mass is 35.5. The summed E-state index contributed by atoms with van der Waals surface area (Å²) in [5, 5.41) is 1.08. The van der Waals surface area contributed by atoms with Crippen molar-refractivity contribution < 1.29 is 0 Å². The highest BCUT2D eigenvalue weighted by Crippen LogP contribution is 2.21. The molecule has 14 heavy (non-hydrogen) atoms. The molecule has 0 radical (unpaired) electrons. The molecule has 2 N–H and O–H groups in total. The van der Waals surface area contributed by atoms with E-state index in [1.807, 2.05) is 13.8 Å². The normalized spacial score (nSPS) is 11.8. The summed E-state index contributed by atoms with van der Waals surface area (Å²) in [6, 6.07) is 1.65. The second-order valence-corrected chi connectivity index (χ2v) is 4.88. The Hall–Kier alpha value is -0.310. The molecule has 0 aliphatic carbocycles. The van der Waals surface area contributed by atoms with E-state index in [0.29, 0.717) is 10.2 Å². The second kappa shape index (κ2) is 4.47. The van der Waals surface area contributed by atoms with Crippen LogP contribution in [0.3, 0.4) is 0 Å². The zero-order chi connectivity index (χ0) is 10.8. The maximum atomic E-state index is 5.99. The van der Waals surface area contributed by atoms with Gasteiger partial charge in [-0.2, -0.15) is 0 Å². The molecule has 0 aliphatic rings. The van der Waals surface area contributed by atoms with Crippen molar-refractivity contribution in [3.63, 3.8) is 0 Å². The van der Waals surface area contributed by atoms with Crippen molar-refractivity contribution in [2.24, 2.45) is 5.73 Å². The molecule has 78 valence electrons. The van der Waals surface area contributed by atoms with E-state index in [-0.39, 0.29) is 5.54 Å². The minimum absolute atomic E-state index is 0.178. The lowest BCUT2D eigenvalue weighted by atomic mass is 9.97. The zero-order valence-electron chi connectivity index (χ0n) is 8.35. The monoisotopic (exact) mass is 232 g/mol. The third-order valence-electron chi connectivity index (χ3n) is 1.93. The van der Waals surface area contributed by atoms with Gasteiger partial charge in [-0.25, -0.2) is 4.98 Å². The van der Waals surface area contributed by atoms with Crippen molar-refractivity contribution in [3.05, 3.63) is 28.0 Å². The lowest BCUT2D eigenvalue weighted by Gasteiger charge is -2.18. The predicted octanol–water partition coefficient (Wildman–Crippen LogP) is 3.06. The smallest absolute Gasteiger partial charge is 0.130 e. The summed E-state index contributed by atoms with van der Waals surface area (Å²) < 4.78 is 0. The van der Waals surface area contributed by atoms with E-state index in [1.54, 1.807) is 12.3 Å². The van der Waals surface area contributed by atoms with Crippen LogP contribution in [0.5, 0.6) is 0 Å². The van der Waals surface area contributed by atoms with Crippen molar-refractivity contribution in [2.75, 3.05) is 0 Å². The van der Waals surface area contributed by atoms with Gasteiger partial charge in [-0.05, 0) is 38.3 Å². The van der Waals surface area contributed by atoms with E-state index in [0.717, 1.165) is 18.4 Å². The zero-order valence-corrected chi connectivity index (χ0v) is 9.86. The number of rotatable bonds is 3.